The Balaban J connectivity index is 3.01. The molecule has 0 spiro atoms. The van der Waals surface area contributed by atoms with Crippen LogP contribution < -0.4 is 0 Å². The van der Waals surface area contributed by atoms with E-state index in [2.05, 4.69) is 19.6 Å². The fraction of sp³-hybridized carbons (Fsp3) is 0.250. The van der Waals surface area contributed by atoms with Crippen molar-refractivity contribution in [3.63, 3.8) is 0 Å². The molecule has 0 N–H and O–H groups in total. The minimum Gasteiger partial charge on any atom is -0.340 e. The topological polar surface area (TPSA) is 3.24 Å². The van der Waals surface area contributed by atoms with Crippen LogP contribution in [0.3, 0.4) is 0 Å². The van der Waals surface area contributed by atoms with Crippen LogP contribution in [0.25, 0.3) is 0 Å². The largest absolute Gasteiger partial charge is 0.340 e. The third-order valence-electron chi connectivity index (χ3n) is 2.25. The fourth-order valence-electron chi connectivity index (χ4n) is 1.17. The first-order valence-electron chi connectivity index (χ1n) is 4.53. The summed E-state index contributed by atoms with van der Waals surface area (Å²) < 4.78 is 0. The van der Waals surface area contributed by atoms with Crippen LogP contribution >= 0.6 is 12.2 Å². The molecule has 0 saturated carbocycles. The first kappa shape index (κ1) is 10.9. The standard InChI is InChI=1S/C12H15NS/c1-9(2)13(4)12(14)11-8-6-5-7-10(11)3/h5-8H,1H2,2-4H3. The van der Waals surface area contributed by atoms with Crippen LogP contribution in [-0.2, 0) is 0 Å². The SMILES string of the molecule is C=C(C)N(C)C(=S)c1ccccc1C. The van der Waals surface area contributed by atoms with E-state index in [0.717, 1.165) is 16.2 Å². The number of benzene rings is 1. The summed E-state index contributed by atoms with van der Waals surface area (Å²) in [7, 11) is 1.94. The highest BCUT2D eigenvalue weighted by Crippen LogP contribution is 2.13. The Kier molecular flexibility index (Phi) is 3.42. The Morgan fingerprint density at radius 3 is 2.43 bits per heavy atom. The Morgan fingerprint density at radius 1 is 1.36 bits per heavy atom. The van der Waals surface area contributed by atoms with Gasteiger partial charge in [-0.25, -0.2) is 0 Å². The molecule has 1 nitrogen and oxygen atoms in total. The molecule has 74 valence electrons. The minimum absolute atomic E-state index is 0.829. The number of nitrogens with zero attached hydrogens (tertiary/aromatic N) is 1. The molecule has 0 heterocycles. The van der Waals surface area contributed by atoms with Gasteiger partial charge >= 0.3 is 0 Å². The predicted octanol–water partition coefficient (Wildman–Crippen LogP) is 3.14. The maximum Gasteiger partial charge on any atom is 0.113 e. The van der Waals surface area contributed by atoms with Gasteiger partial charge in [-0.15, -0.1) is 0 Å². The summed E-state index contributed by atoms with van der Waals surface area (Å²) in [5.41, 5.74) is 3.26. The number of hydrogen-bond donors (Lipinski definition) is 0. The van der Waals surface area contributed by atoms with Crippen molar-refractivity contribution in [2.45, 2.75) is 13.8 Å². The van der Waals surface area contributed by atoms with Gasteiger partial charge in [-0.3, -0.25) is 0 Å². The molecule has 2 heteroatoms. The maximum atomic E-state index is 5.37. The van der Waals surface area contributed by atoms with E-state index in [4.69, 9.17) is 12.2 Å². The monoisotopic (exact) mass is 205 g/mol. The lowest BCUT2D eigenvalue weighted by molar-refractivity contribution is 0.643. The molecular formula is C12H15NS. The molecule has 0 unspecified atom stereocenters. The normalized spacial score (nSPS) is 9.64. The molecule has 1 aromatic rings. The zero-order chi connectivity index (χ0) is 10.7. The van der Waals surface area contributed by atoms with Crippen LogP contribution in [0.1, 0.15) is 18.1 Å². The number of rotatable bonds is 2. The summed E-state index contributed by atoms with van der Waals surface area (Å²) in [4.78, 5) is 2.76. The second-order valence-electron chi connectivity index (χ2n) is 3.41. The van der Waals surface area contributed by atoms with Crippen molar-refractivity contribution >= 4 is 17.2 Å². The quantitative estimate of drug-likeness (QED) is 0.682. The van der Waals surface area contributed by atoms with E-state index in [1.807, 2.05) is 37.1 Å². The van der Waals surface area contributed by atoms with E-state index >= 15 is 0 Å². The second-order valence-corrected chi connectivity index (χ2v) is 3.80. The molecule has 1 rings (SSSR count). The molecule has 0 radical (unpaired) electrons. The van der Waals surface area contributed by atoms with Crippen molar-refractivity contribution < 1.29 is 0 Å². The lowest BCUT2D eigenvalue weighted by Crippen LogP contribution is -2.23. The zero-order valence-electron chi connectivity index (χ0n) is 8.87. The Labute approximate surface area is 91.1 Å². The molecule has 0 amide bonds. The zero-order valence-corrected chi connectivity index (χ0v) is 9.69. The molecule has 14 heavy (non-hydrogen) atoms. The summed E-state index contributed by atoms with van der Waals surface area (Å²) in [6.45, 7) is 7.88. The van der Waals surface area contributed by atoms with Crippen molar-refractivity contribution in [3.8, 4) is 0 Å². The van der Waals surface area contributed by atoms with E-state index in [0.29, 0.717) is 0 Å². The van der Waals surface area contributed by atoms with Gasteiger partial charge in [-0.2, -0.15) is 0 Å². The Bertz CT molecular complexity index is 368. The number of hydrogen-bond acceptors (Lipinski definition) is 1. The summed E-state index contributed by atoms with van der Waals surface area (Å²) in [6.07, 6.45) is 0. The summed E-state index contributed by atoms with van der Waals surface area (Å²) >= 11 is 5.37. The van der Waals surface area contributed by atoms with Crippen LogP contribution in [0, 0.1) is 6.92 Å². The van der Waals surface area contributed by atoms with Gasteiger partial charge in [0.2, 0.25) is 0 Å². The molecule has 0 bridgehead atoms. The van der Waals surface area contributed by atoms with Crippen molar-refractivity contribution in [1.29, 1.82) is 0 Å². The van der Waals surface area contributed by atoms with E-state index in [1.165, 1.54) is 5.56 Å². The number of thiocarbonyl (C=S) groups is 1. The van der Waals surface area contributed by atoms with Crippen LogP contribution in [0.4, 0.5) is 0 Å². The van der Waals surface area contributed by atoms with E-state index < -0.39 is 0 Å². The third-order valence-corrected chi connectivity index (χ3v) is 2.75. The van der Waals surface area contributed by atoms with Crippen LogP contribution in [0.15, 0.2) is 36.5 Å². The minimum atomic E-state index is 0.829. The predicted molar refractivity (Wildman–Crippen MR) is 65.5 cm³/mol. The molecule has 0 aromatic heterocycles. The summed E-state index contributed by atoms with van der Waals surface area (Å²) in [5, 5.41) is 0. The van der Waals surface area contributed by atoms with Gasteiger partial charge < -0.3 is 4.90 Å². The lowest BCUT2D eigenvalue weighted by atomic mass is 10.1. The van der Waals surface area contributed by atoms with E-state index in [1.54, 1.807) is 0 Å². The van der Waals surface area contributed by atoms with Gasteiger partial charge in [0.15, 0.2) is 0 Å². The van der Waals surface area contributed by atoms with Gasteiger partial charge in [-0.1, -0.05) is 43.1 Å². The molecule has 1 aromatic carbocycles. The van der Waals surface area contributed by atoms with Crippen LogP contribution in [-0.4, -0.2) is 16.9 Å². The highest BCUT2D eigenvalue weighted by Gasteiger charge is 2.08. The van der Waals surface area contributed by atoms with Gasteiger partial charge in [0.05, 0.1) is 0 Å². The summed E-state index contributed by atoms with van der Waals surface area (Å²) in [5.74, 6) is 0. The average Bonchev–Trinajstić information content (AvgIpc) is 2.16. The maximum absolute atomic E-state index is 5.37. The molecule has 0 saturated heterocycles. The Hall–Kier alpha value is -1.15. The Morgan fingerprint density at radius 2 is 1.93 bits per heavy atom. The first-order valence-corrected chi connectivity index (χ1v) is 4.94. The summed E-state index contributed by atoms with van der Waals surface area (Å²) in [6, 6.07) is 8.12. The van der Waals surface area contributed by atoms with Gasteiger partial charge in [0, 0.05) is 18.3 Å². The molecule has 0 aliphatic carbocycles. The van der Waals surface area contributed by atoms with Gasteiger partial charge in [0.1, 0.15) is 4.99 Å². The first-order chi connectivity index (χ1) is 6.54. The molecule has 0 atom stereocenters. The van der Waals surface area contributed by atoms with Gasteiger partial charge in [-0.05, 0) is 19.4 Å². The third kappa shape index (κ3) is 2.20. The molecule has 0 aliphatic heterocycles. The molecule has 0 fully saturated rings. The number of allylic oxidation sites excluding steroid dienone is 1. The fourth-order valence-corrected chi connectivity index (χ4v) is 1.55. The lowest BCUT2D eigenvalue weighted by Gasteiger charge is -2.20. The second kappa shape index (κ2) is 4.38. The van der Waals surface area contributed by atoms with Crippen LogP contribution in [0.2, 0.25) is 0 Å². The molecular weight excluding hydrogens is 190 g/mol. The average molecular weight is 205 g/mol. The highest BCUT2D eigenvalue weighted by atomic mass is 32.1. The van der Waals surface area contributed by atoms with Crippen molar-refractivity contribution in [2.24, 2.45) is 0 Å². The van der Waals surface area contributed by atoms with Crippen molar-refractivity contribution in [1.82, 2.24) is 4.90 Å². The van der Waals surface area contributed by atoms with Crippen LogP contribution in [0.5, 0.6) is 0 Å². The van der Waals surface area contributed by atoms with E-state index in [9.17, 15) is 0 Å². The molecule has 0 aliphatic rings. The smallest absolute Gasteiger partial charge is 0.113 e. The van der Waals surface area contributed by atoms with Gasteiger partial charge in [0.25, 0.3) is 0 Å². The van der Waals surface area contributed by atoms with Crippen molar-refractivity contribution in [3.05, 3.63) is 47.7 Å². The van der Waals surface area contributed by atoms with Crippen molar-refractivity contribution in [2.75, 3.05) is 7.05 Å². The van der Waals surface area contributed by atoms with E-state index in [-0.39, 0.29) is 0 Å². The number of aryl methyl sites for hydroxylation is 1. The highest BCUT2D eigenvalue weighted by molar-refractivity contribution is 7.80.